The average molecular weight is 247 g/mol. The minimum Gasteiger partial charge on any atom is -0.385 e. The molecular weight excluding hydrogens is 226 g/mol. The Balaban J connectivity index is 1.98. The van der Waals surface area contributed by atoms with Crippen LogP contribution < -0.4 is 4.90 Å². The zero-order valence-electron chi connectivity index (χ0n) is 11.2. The quantitative estimate of drug-likeness (QED) is 0.572. The van der Waals surface area contributed by atoms with Crippen molar-refractivity contribution in [2.75, 3.05) is 31.7 Å². The Bertz CT molecular complexity index is 429. The van der Waals surface area contributed by atoms with E-state index >= 15 is 0 Å². The first-order chi connectivity index (χ1) is 8.72. The second kappa shape index (κ2) is 6.01. The first-order valence-corrected chi connectivity index (χ1v) is 6.60. The fraction of sp³-hybridized carbons (Fsp3) is 0.533. The summed E-state index contributed by atoms with van der Waals surface area (Å²) in [4.78, 5) is 13.8. The second-order valence-corrected chi connectivity index (χ2v) is 4.84. The summed E-state index contributed by atoms with van der Waals surface area (Å²) in [5.74, 6) is 0.149. The van der Waals surface area contributed by atoms with Crippen molar-refractivity contribution in [2.45, 2.75) is 26.2 Å². The third-order valence-corrected chi connectivity index (χ3v) is 3.50. The molecule has 0 spiro atoms. The van der Waals surface area contributed by atoms with Crippen LogP contribution in [-0.2, 0) is 11.2 Å². The van der Waals surface area contributed by atoms with E-state index in [0.717, 1.165) is 44.5 Å². The van der Waals surface area contributed by atoms with Gasteiger partial charge in [-0.25, -0.2) is 0 Å². The smallest absolute Gasteiger partial charge is 0.159 e. The maximum absolute atomic E-state index is 11.3. The Morgan fingerprint density at radius 1 is 1.39 bits per heavy atom. The van der Waals surface area contributed by atoms with Crippen LogP contribution in [0, 0.1) is 0 Å². The summed E-state index contributed by atoms with van der Waals surface area (Å²) in [6.45, 7) is 4.61. The molecule has 1 aliphatic heterocycles. The average Bonchev–Trinajstić information content (AvgIpc) is 2.77. The van der Waals surface area contributed by atoms with E-state index in [-0.39, 0.29) is 5.78 Å². The van der Waals surface area contributed by atoms with Gasteiger partial charge in [0.2, 0.25) is 0 Å². The van der Waals surface area contributed by atoms with Crippen LogP contribution in [0.15, 0.2) is 18.2 Å². The lowest BCUT2D eigenvalue weighted by Gasteiger charge is -2.19. The molecule has 18 heavy (non-hydrogen) atoms. The predicted octanol–water partition coefficient (Wildman–Crippen LogP) is 2.68. The zero-order chi connectivity index (χ0) is 13.0. The van der Waals surface area contributed by atoms with Crippen LogP contribution in [0.1, 0.15) is 35.7 Å². The molecule has 0 bridgehead atoms. The van der Waals surface area contributed by atoms with Crippen LogP contribution in [0.3, 0.4) is 0 Å². The van der Waals surface area contributed by atoms with Gasteiger partial charge in [-0.15, -0.1) is 0 Å². The van der Waals surface area contributed by atoms with Crippen molar-refractivity contribution in [1.29, 1.82) is 0 Å². The first-order valence-electron chi connectivity index (χ1n) is 6.60. The van der Waals surface area contributed by atoms with Gasteiger partial charge >= 0.3 is 0 Å². The van der Waals surface area contributed by atoms with Gasteiger partial charge in [0.05, 0.1) is 0 Å². The number of nitrogens with zero attached hydrogens (tertiary/aromatic N) is 1. The van der Waals surface area contributed by atoms with Crippen LogP contribution in [0.25, 0.3) is 0 Å². The summed E-state index contributed by atoms with van der Waals surface area (Å²) in [6.07, 6.45) is 3.32. The summed E-state index contributed by atoms with van der Waals surface area (Å²) in [7, 11) is 1.74. The maximum atomic E-state index is 11.3. The van der Waals surface area contributed by atoms with Gasteiger partial charge in [0, 0.05) is 38.1 Å². The summed E-state index contributed by atoms with van der Waals surface area (Å²) in [5, 5.41) is 0. The predicted molar refractivity (Wildman–Crippen MR) is 73.5 cm³/mol. The van der Waals surface area contributed by atoms with Crippen molar-refractivity contribution in [3.8, 4) is 0 Å². The van der Waals surface area contributed by atoms with Gasteiger partial charge in [0.1, 0.15) is 0 Å². The standard InChI is InChI=1S/C15H21NO2/c1-12(17)13-5-6-15-14(11-13)7-9-16(15)8-3-4-10-18-2/h5-6,11H,3-4,7-10H2,1-2H3. The molecule has 0 unspecified atom stereocenters. The lowest BCUT2D eigenvalue weighted by atomic mass is 10.1. The Kier molecular flexibility index (Phi) is 4.37. The van der Waals surface area contributed by atoms with Crippen molar-refractivity contribution >= 4 is 11.5 Å². The molecule has 2 rings (SSSR count). The molecule has 0 aliphatic carbocycles. The topological polar surface area (TPSA) is 29.5 Å². The highest BCUT2D eigenvalue weighted by atomic mass is 16.5. The Morgan fingerprint density at radius 2 is 2.22 bits per heavy atom. The van der Waals surface area contributed by atoms with Gasteiger partial charge in [0.15, 0.2) is 5.78 Å². The van der Waals surface area contributed by atoms with E-state index in [1.807, 2.05) is 12.1 Å². The molecule has 1 aliphatic rings. The van der Waals surface area contributed by atoms with Gasteiger partial charge in [-0.3, -0.25) is 4.79 Å². The molecule has 0 atom stereocenters. The van der Waals surface area contributed by atoms with Gasteiger partial charge in [0.25, 0.3) is 0 Å². The summed E-state index contributed by atoms with van der Waals surface area (Å²) < 4.78 is 5.06. The number of carbonyl (C=O) groups excluding carboxylic acids is 1. The highest BCUT2D eigenvalue weighted by molar-refractivity contribution is 5.94. The van der Waals surface area contributed by atoms with Gasteiger partial charge in [-0.05, 0) is 49.9 Å². The molecule has 0 aromatic heterocycles. The molecule has 0 saturated carbocycles. The molecule has 98 valence electrons. The third kappa shape index (κ3) is 2.91. The van der Waals surface area contributed by atoms with E-state index in [9.17, 15) is 4.79 Å². The molecule has 0 N–H and O–H groups in total. The lowest BCUT2D eigenvalue weighted by molar-refractivity contribution is 0.101. The number of fused-ring (bicyclic) bond motifs is 1. The molecule has 1 aromatic carbocycles. The number of anilines is 1. The first kappa shape index (κ1) is 13.1. The molecule has 1 aromatic rings. The molecule has 3 heteroatoms. The zero-order valence-corrected chi connectivity index (χ0v) is 11.2. The van der Waals surface area contributed by atoms with Gasteiger partial charge in [-0.1, -0.05) is 0 Å². The third-order valence-electron chi connectivity index (χ3n) is 3.50. The van der Waals surface area contributed by atoms with Gasteiger partial charge in [-0.2, -0.15) is 0 Å². The lowest BCUT2D eigenvalue weighted by Crippen LogP contribution is -2.21. The van der Waals surface area contributed by atoms with E-state index in [1.54, 1.807) is 14.0 Å². The number of hydrogen-bond acceptors (Lipinski definition) is 3. The number of ether oxygens (including phenoxy) is 1. The molecule has 0 fully saturated rings. The number of rotatable bonds is 6. The fourth-order valence-electron chi connectivity index (χ4n) is 2.47. The number of carbonyl (C=O) groups is 1. The van der Waals surface area contributed by atoms with E-state index in [0.29, 0.717) is 0 Å². The van der Waals surface area contributed by atoms with E-state index in [2.05, 4.69) is 11.0 Å². The number of unbranched alkanes of at least 4 members (excludes halogenated alkanes) is 1. The number of ketones is 1. The van der Waals surface area contributed by atoms with Crippen molar-refractivity contribution in [2.24, 2.45) is 0 Å². The van der Waals surface area contributed by atoms with Crippen LogP contribution >= 0.6 is 0 Å². The second-order valence-electron chi connectivity index (χ2n) is 4.84. The molecule has 0 saturated heterocycles. The van der Waals surface area contributed by atoms with Crippen molar-refractivity contribution in [1.82, 2.24) is 0 Å². The molecule has 1 heterocycles. The van der Waals surface area contributed by atoms with E-state index < -0.39 is 0 Å². The van der Waals surface area contributed by atoms with Crippen LogP contribution in [0.5, 0.6) is 0 Å². The van der Waals surface area contributed by atoms with E-state index in [1.165, 1.54) is 11.3 Å². The van der Waals surface area contributed by atoms with Crippen LogP contribution in [-0.4, -0.2) is 32.6 Å². The van der Waals surface area contributed by atoms with Crippen LogP contribution in [0.2, 0.25) is 0 Å². The fourth-order valence-corrected chi connectivity index (χ4v) is 2.47. The van der Waals surface area contributed by atoms with Crippen molar-refractivity contribution in [3.05, 3.63) is 29.3 Å². The molecular formula is C15H21NO2. The molecule has 3 nitrogen and oxygen atoms in total. The molecule has 0 amide bonds. The summed E-state index contributed by atoms with van der Waals surface area (Å²) in [5.41, 5.74) is 3.45. The number of Topliss-reactive ketones (excluding diaryl/α,β-unsaturated/α-hetero) is 1. The summed E-state index contributed by atoms with van der Waals surface area (Å²) >= 11 is 0. The Hall–Kier alpha value is -1.35. The minimum absolute atomic E-state index is 0.149. The summed E-state index contributed by atoms with van der Waals surface area (Å²) in [6, 6.07) is 6.08. The Morgan fingerprint density at radius 3 is 2.94 bits per heavy atom. The highest BCUT2D eigenvalue weighted by Gasteiger charge is 2.19. The van der Waals surface area contributed by atoms with Crippen LogP contribution in [0.4, 0.5) is 5.69 Å². The SMILES string of the molecule is COCCCCN1CCc2cc(C(C)=O)ccc21. The number of benzene rings is 1. The largest absolute Gasteiger partial charge is 0.385 e. The number of hydrogen-bond donors (Lipinski definition) is 0. The molecule has 0 radical (unpaired) electrons. The van der Waals surface area contributed by atoms with Gasteiger partial charge < -0.3 is 9.64 Å². The van der Waals surface area contributed by atoms with Crippen molar-refractivity contribution < 1.29 is 9.53 Å². The normalized spacial score (nSPS) is 13.8. The minimum atomic E-state index is 0.149. The Labute approximate surface area is 109 Å². The maximum Gasteiger partial charge on any atom is 0.159 e. The number of methoxy groups -OCH3 is 1. The highest BCUT2D eigenvalue weighted by Crippen LogP contribution is 2.29. The van der Waals surface area contributed by atoms with Crippen molar-refractivity contribution in [3.63, 3.8) is 0 Å². The van der Waals surface area contributed by atoms with E-state index in [4.69, 9.17) is 4.74 Å². The monoisotopic (exact) mass is 247 g/mol.